The molecule has 0 fully saturated rings. The second kappa shape index (κ2) is 15.3. The Morgan fingerprint density at radius 3 is 2.26 bits per heavy atom. The summed E-state index contributed by atoms with van der Waals surface area (Å²) in [5.74, 6) is -1.65. The van der Waals surface area contributed by atoms with E-state index in [2.05, 4.69) is 24.4 Å². The number of ether oxygens (including phenoxy) is 1. The monoisotopic (exact) mass is 643 g/mol. The van der Waals surface area contributed by atoms with Crippen molar-refractivity contribution in [3.63, 3.8) is 0 Å². The largest absolute Gasteiger partial charge is 0.459 e. The molecule has 3 N–H and O–H groups in total. The topological polar surface area (TPSA) is 84.7 Å². The Morgan fingerprint density at radius 2 is 1.57 bits per heavy atom. The van der Waals surface area contributed by atoms with Crippen LogP contribution >= 0.6 is 10.2 Å². The second-order valence-electron chi connectivity index (χ2n) is 11.3. The van der Waals surface area contributed by atoms with Crippen molar-refractivity contribution in [3.05, 3.63) is 143 Å². The van der Waals surface area contributed by atoms with Gasteiger partial charge in [0, 0.05) is 41.9 Å². The summed E-state index contributed by atoms with van der Waals surface area (Å²) in [6.45, 7) is 2.87. The number of hydrogen-bond donors (Lipinski definition) is 2. The van der Waals surface area contributed by atoms with Gasteiger partial charge in [0.05, 0.1) is 12.1 Å². The van der Waals surface area contributed by atoms with Crippen LogP contribution in [-0.4, -0.2) is 36.3 Å². The third kappa shape index (κ3) is 8.09. The highest BCUT2D eigenvalue weighted by atomic mass is 32.3. The van der Waals surface area contributed by atoms with Crippen molar-refractivity contribution < 1.29 is 23.1 Å². The Hall–Kier alpha value is -4.31. The number of benzene rings is 4. The molecular weight excluding hydrogens is 604 g/mol. The van der Waals surface area contributed by atoms with Crippen LogP contribution in [0.3, 0.4) is 0 Å². The second-order valence-corrected chi connectivity index (χ2v) is 14.3. The molecule has 9 heteroatoms. The number of aryl methyl sites for hydroxylation is 1. The van der Waals surface area contributed by atoms with Crippen molar-refractivity contribution in [2.24, 2.45) is 5.73 Å². The predicted octanol–water partition coefficient (Wildman–Crippen LogP) is 6.83. The summed E-state index contributed by atoms with van der Waals surface area (Å²) in [6, 6.07) is 29.9. The molecule has 0 bridgehead atoms. The molecule has 0 radical (unpaired) electrons. The van der Waals surface area contributed by atoms with Crippen molar-refractivity contribution >= 4 is 27.8 Å². The zero-order valence-electron chi connectivity index (χ0n) is 25.8. The minimum absolute atomic E-state index is 0.0293. The lowest BCUT2D eigenvalue weighted by atomic mass is 10.0. The van der Waals surface area contributed by atoms with Crippen LogP contribution in [0.15, 0.2) is 120 Å². The highest BCUT2D eigenvalue weighted by Crippen LogP contribution is 2.64. The van der Waals surface area contributed by atoms with Gasteiger partial charge in [-0.3, -0.25) is 13.9 Å². The molecule has 1 unspecified atom stereocenters. The lowest BCUT2D eigenvalue weighted by Crippen LogP contribution is -2.46. The van der Waals surface area contributed by atoms with E-state index in [9.17, 15) is 18.4 Å². The number of halogens is 2. The number of nitrogens with two attached hydrogens (primary N) is 1. The number of para-hydroxylation sites is 1. The number of anilines is 1. The molecule has 0 spiro atoms. The van der Waals surface area contributed by atoms with Gasteiger partial charge in [-0.05, 0) is 71.3 Å². The average Bonchev–Trinajstić information content (AvgIpc) is 3.40. The molecule has 0 aliphatic carbocycles. The van der Waals surface area contributed by atoms with Gasteiger partial charge in [-0.15, -0.1) is 10.2 Å². The van der Waals surface area contributed by atoms with Gasteiger partial charge in [0.15, 0.2) is 0 Å². The fraction of sp³-hybridized carbons (Fsp3) is 0.243. The van der Waals surface area contributed by atoms with Crippen molar-refractivity contribution in [2.75, 3.05) is 16.6 Å². The summed E-state index contributed by atoms with van der Waals surface area (Å²) in [5.41, 5.74) is 9.98. The fourth-order valence-electron chi connectivity index (χ4n) is 5.65. The maximum atomic E-state index is 13.9. The molecule has 0 aromatic heterocycles. The van der Waals surface area contributed by atoms with Crippen LogP contribution < -0.4 is 15.4 Å². The fourth-order valence-corrected chi connectivity index (χ4v) is 9.03. The van der Waals surface area contributed by atoms with E-state index in [4.69, 9.17) is 10.5 Å². The van der Waals surface area contributed by atoms with E-state index in [1.165, 1.54) is 17.7 Å². The molecule has 240 valence electrons. The summed E-state index contributed by atoms with van der Waals surface area (Å²) in [6.07, 6.45) is 1.86. The van der Waals surface area contributed by atoms with Crippen LogP contribution in [0.1, 0.15) is 30.0 Å². The van der Waals surface area contributed by atoms with Crippen LogP contribution in [0.25, 0.3) is 0 Å². The number of nitrogens with zero attached hydrogens (tertiary/aromatic N) is 1. The first-order chi connectivity index (χ1) is 22.3. The molecule has 0 saturated heterocycles. The summed E-state index contributed by atoms with van der Waals surface area (Å²) in [7, 11) is -2.08. The van der Waals surface area contributed by atoms with E-state index in [0.717, 1.165) is 28.6 Å². The van der Waals surface area contributed by atoms with Gasteiger partial charge in [-0.2, -0.15) is 0 Å². The molecule has 1 amide bonds. The number of carbonyl (C=O) groups excluding carboxylic acids is 2. The van der Waals surface area contributed by atoms with Crippen LogP contribution in [0.5, 0.6) is 0 Å². The van der Waals surface area contributed by atoms with Gasteiger partial charge < -0.3 is 15.8 Å². The Labute approximate surface area is 270 Å². The van der Waals surface area contributed by atoms with E-state index in [1.807, 2.05) is 78.2 Å². The maximum absolute atomic E-state index is 13.9. The smallest absolute Gasteiger partial charge is 0.307 e. The van der Waals surface area contributed by atoms with Gasteiger partial charge in [0.2, 0.25) is 0 Å². The van der Waals surface area contributed by atoms with E-state index in [-0.39, 0.29) is 25.3 Å². The van der Waals surface area contributed by atoms with Gasteiger partial charge in [0.25, 0.3) is 5.91 Å². The summed E-state index contributed by atoms with van der Waals surface area (Å²) in [4.78, 5) is 27.7. The first-order valence-corrected chi connectivity index (χ1v) is 17.2. The molecule has 46 heavy (non-hydrogen) atoms. The Balaban J connectivity index is 1.33. The minimum atomic E-state index is -2.08. The number of carbonyl (C=O) groups is 2. The lowest BCUT2D eigenvalue weighted by molar-refractivity contribution is -0.149. The van der Waals surface area contributed by atoms with E-state index >= 15 is 0 Å². The van der Waals surface area contributed by atoms with Crippen molar-refractivity contribution in [1.29, 1.82) is 0 Å². The van der Waals surface area contributed by atoms with Crippen LogP contribution in [0, 0.1) is 11.6 Å². The highest BCUT2D eigenvalue weighted by Gasteiger charge is 2.40. The quantitative estimate of drug-likeness (QED) is 0.147. The molecule has 6 nitrogen and oxygen atoms in total. The molecule has 1 aliphatic heterocycles. The predicted molar refractivity (Wildman–Crippen MR) is 180 cm³/mol. The molecule has 5 rings (SSSR count). The normalized spacial score (nSPS) is 18.6. The zero-order chi connectivity index (χ0) is 32.5. The first-order valence-electron chi connectivity index (χ1n) is 15.4. The number of amides is 1. The number of nitrogens with one attached hydrogen (secondary N) is 1. The average molecular weight is 644 g/mol. The van der Waals surface area contributed by atoms with E-state index < -0.39 is 40.0 Å². The molecule has 1 heterocycles. The molecule has 4 aromatic carbocycles. The van der Waals surface area contributed by atoms with E-state index in [0.29, 0.717) is 17.9 Å². The molecule has 3 atom stereocenters. The lowest BCUT2D eigenvalue weighted by Gasteiger charge is -2.43. The third-order valence-corrected chi connectivity index (χ3v) is 11.5. The Kier molecular flexibility index (Phi) is 11.0. The van der Waals surface area contributed by atoms with Crippen molar-refractivity contribution in [2.45, 2.75) is 49.8 Å². The molecule has 4 aromatic rings. The number of rotatable bonds is 14. The van der Waals surface area contributed by atoms with Gasteiger partial charge in [-0.1, -0.05) is 67.6 Å². The third-order valence-electron chi connectivity index (χ3n) is 7.95. The SMILES string of the molecule is CCc1cccc(CNC[C@@H](OC(=O)CCS2(c3ccccc3)C=CC(=O)N2c2ccccc2)[C@@H](N)Cc2cc(F)cc(F)c2)c1. The van der Waals surface area contributed by atoms with Gasteiger partial charge >= 0.3 is 5.97 Å². The van der Waals surface area contributed by atoms with Crippen molar-refractivity contribution in [1.82, 2.24) is 5.32 Å². The number of esters is 1. The Morgan fingerprint density at radius 1 is 0.891 bits per heavy atom. The summed E-state index contributed by atoms with van der Waals surface area (Å²) < 4.78 is 35.7. The molecular formula is C37H39F2N3O3S. The summed E-state index contributed by atoms with van der Waals surface area (Å²) >= 11 is 0. The number of hydrogen-bond acceptors (Lipinski definition) is 5. The van der Waals surface area contributed by atoms with Crippen molar-refractivity contribution in [3.8, 4) is 0 Å². The molecule has 1 aliphatic rings. The maximum Gasteiger partial charge on any atom is 0.307 e. The van der Waals surface area contributed by atoms with Crippen LogP contribution in [0.4, 0.5) is 14.5 Å². The first kappa shape index (κ1) is 33.1. The van der Waals surface area contributed by atoms with Gasteiger partial charge in [-0.25, -0.2) is 8.78 Å². The van der Waals surface area contributed by atoms with Crippen LogP contribution in [-0.2, 0) is 33.7 Å². The van der Waals surface area contributed by atoms with E-state index in [1.54, 1.807) is 10.4 Å². The highest BCUT2D eigenvalue weighted by molar-refractivity contribution is 8.38. The summed E-state index contributed by atoms with van der Waals surface area (Å²) in [5, 5.41) is 5.28. The van der Waals surface area contributed by atoms with Crippen LogP contribution in [0.2, 0.25) is 0 Å². The Bertz CT molecular complexity index is 1650. The van der Waals surface area contributed by atoms with Gasteiger partial charge in [0.1, 0.15) is 17.7 Å². The molecule has 0 saturated carbocycles. The minimum Gasteiger partial charge on any atom is -0.459 e. The standard InChI is InChI=1S/C37H39F2N3O3S/c1-2-27-10-9-11-28(20-27)25-41-26-35(34(40)23-29-21-30(38)24-31(39)22-29)45-37(44)17-19-46(33-14-7-4-8-15-33)18-16-36(43)42(46)32-12-5-3-6-13-32/h3-16,18,20-22,24,34-35,41H,2,17,19,23,25-26,40H2,1H3/t34-,35+/m0/s1. The zero-order valence-corrected chi connectivity index (χ0v) is 26.6.